The van der Waals surface area contributed by atoms with E-state index < -0.39 is 0 Å². The molecule has 0 saturated carbocycles. The molecule has 15 heavy (non-hydrogen) atoms. The van der Waals surface area contributed by atoms with Crippen LogP contribution < -0.4 is 0 Å². The molecular weight excluding hydrogens is 190 g/mol. The summed E-state index contributed by atoms with van der Waals surface area (Å²) in [7, 11) is 0. The average Bonchev–Trinajstić information content (AvgIpc) is 2.01. The van der Waals surface area contributed by atoms with Crippen LogP contribution in [0, 0.1) is 0 Å². The molecule has 0 N–H and O–H groups in total. The van der Waals surface area contributed by atoms with Gasteiger partial charge in [0.15, 0.2) is 0 Å². The minimum atomic E-state index is -0.238. The topological polar surface area (TPSA) is 29.5 Å². The highest BCUT2D eigenvalue weighted by Gasteiger charge is 2.20. The number of ether oxygens (including phenoxy) is 1. The Morgan fingerprint density at radius 2 is 1.67 bits per heavy atom. The lowest BCUT2D eigenvalue weighted by molar-refractivity contribution is 0.0874. The van der Waals surface area contributed by atoms with Crippen molar-refractivity contribution in [2.45, 2.75) is 53.6 Å². The van der Waals surface area contributed by atoms with Crippen molar-refractivity contribution >= 4 is 6.09 Å². The van der Waals surface area contributed by atoms with E-state index in [-0.39, 0.29) is 18.2 Å². The normalized spacial score (nSPS) is 10.4. The Morgan fingerprint density at radius 1 is 1.20 bits per heavy atom. The SMILES string of the molecule is CC(C)=CCOC(=O)N(C(C)C)C(C)C. The predicted molar refractivity (Wildman–Crippen MR) is 62.9 cm³/mol. The van der Waals surface area contributed by atoms with Crippen molar-refractivity contribution in [3.63, 3.8) is 0 Å². The lowest BCUT2D eigenvalue weighted by Gasteiger charge is -2.29. The Bertz CT molecular complexity index is 220. The molecule has 0 aromatic carbocycles. The van der Waals surface area contributed by atoms with E-state index >= 15 is 0 Å². The van der Waals surface area contributed by atoms with Gasteiger partial charge in [-0.15, -0.1) is 0 Å². The number of hydrogen-bond acceptors (Lipinski definition) is 2. The van der Waals surface area contributed by atoms with E-state index in [4.69, 9.17) is 4.74 Å². The highest BCUT2D eigenvalue weighted by molar-refractivity contribution is 5.68. The third-order valence-corrected chi connectivity index (χ3v) is 2.02. The standard InChI is InChI=1S/C12H23NO2/c1-9(2)7-8-15-12(14)13(10(3)4)11(5)6/h7,10-11H,8H2,1-6H3. The molecule has 3 nitrogen and oxygen atoms in total. The third kappa shape index (κ3) is 5.45. The Balaban J connectivity index is 4.22. The van der Waals surface area contributed by atoms with Gasteiger partial charge in [-0.25, -0.2) is 4.79 Å². The number of hydrogen-bond donors (Lipinski definition) is 0. The summed E-state index contributed by atoms with van der Waals surface area (Å²) < 4.78 is 5.15. The third-order valence-electron chi connectivity index (χ3n) is 2.02. The molecule has 0 aromatic heterocycles. The summed E-state index contributed by atoms with van der Waals surface area (Å²) in [5, 5.41) is 0. The van der Waals surface area contributed by atoms with Gasteiger partial charge in [-0.2, -0.15) is 0 Å². The number of carbonyl (C=O) groups is 1. The molecule has 3 heteroatoms. The molecule has 0 rings (SSSR count). The molecule has 0 unspecified atom stereocenters. The van der Waals surface area contributed by atoms with Crippen molar-refractivity contribution in [2.75, 3.05) is 6.61 Å². The van der Waals surface area contributed by atoms with Gasteiger partial charge in [0.1, 0.15) is 6.61 Å². The minimum absolute atomic E-state index is 0.171. The van der Waals surface area contributed by atoms with Gasteiger partial charge in [0, 0.05) is 12.1 Å². The molecule has 0 aliphatic carbocycles. The van der Waals surface area contributed by atoms with Crippen LogP contribution in [0.3, 0.4) is 0 Å². The van der Waals surface area contributed by atoms with E-state index in [1.54, 1.807) is 4.90 Å². The molecule has 0 aliphatic rings. The molecular formula is C12H23NO2. The minimum Gasteiger partial charge on any atom is -0.445 e. The van der Waals surface area contributed by atoms with Crippen molar-refractivity contribution in [3.05, 3.63) is 11.6 Å². The summed E-state index contributed by atoms with van der Waals surface area (Å²) in [4.78, 5) is 13.4. The van der Waals surface area contributed by atoms with E-state index in [2.05, 4.69) is 0 Å². The molecule has 0 aromatic rings. The first-order valence-corrected chi connectivity index (χ1v) is 5.44. The maximum Gasteiger partial charge on any atom is 0.410 e. The van der Waals surface area contributed by atoms with Crippen LogP contribution in [0.1, 0.15) is 41.5 Å². The van der Waals surface area contributed by atoms with E-state index in [0.29, 0.717) is 6.61 Å². The van der Waals surface area contributed by atoms with Gasteiger partial charge < -0.3 is 9.64 Å². The van der Waals surface area contributed by atoms with E-state index in [1.807, 2.05) is 47.6 Å². The van der Waals surface area contributed by atoms with Crippen LogP contribution in [0.25, 0.3) is 0 Å². The lowest BCUT2D eigenvalue weighted by Crippen LogP contribution is -2.42. The fourth-order valence-corrected chi connectivity index (χ4v) is 1.37. The zero-order chi connectivity index (χ0) is 12.0. The molecule has 0 atom stereocenters. The van der Waals surface area contributed by atoms with Gasteiger partial charge in [-0.3, -0.25) is 0 Å². The van der Waals surface area contributed by atoms with Gasteiger partial charge in [-0.05, 0) is 47.6 Å². The van der Waals surface area contributed by atoms with E-state index in [9.17, 15) is 4.79 Å². The highest BCUT2D eigenvalue weighted by Crippen LogP contribution is 2.07. The number of rotatable bonds is 4. The lowest BCUT2D eigenvalue weighted by atomic mass is 10.2. The molecule has 0 radical (unpaired) electrons. The van der Waals surface area contributed by atoms with E-state index in [1.165, 1.54) is 0 Å². The molecule has 0 spiro atoms. The second-order valence-electron chi connectivity index (χ2n) is 4.45. The summed E-state index contributed by atoms with van der Waals surface area (Å²) in [5.74, 6) is 0. The van der Waals surface area contributed by atoms with Crippen LogP contribution in [0.4, 0.5) is 4.79 Å². The second kappa shape index (κ2) is 6.49. The largest absolute Gasteiger partial charge is 0.445 e. The summed E-state index contributed by atoms with van der Waals surface area (Å²) in [6.45, 7) is 12.3. The monoisotopic (exact) mass is 213 g/mol. The molecule has 0 heterocycles. The van der Waals surface area contributed by atoms with E-state index in [0.717, 1.165) is 5.57 Å². The first-order valence-electron chi connectivity index (χ1n) is 5.44. The van der Waals surface area contributed by atoms with Crippen molar-refractivity contribution in [2.24, 2.45) is 0 Å². The van der Waals surface area contributed by atoms with Crippen LogP contribution >= 0.6 is 0 Å². The predicted octanol–water partition coefficient (Wildman–Crippen LogP) is 3.21. The highest BCUT2D eigenvalue weighted by atomic mass is 16.6. The Kier molecular flexibility index (Phi) is 6.06. The molecule has 0 fully saturated rings. The summed E-state index contributed by atoms with van der Waals surface area (Å²) in [6, 6.07) is 0.341. The second-order valence-corrected chi connectivity index (χ2v) is 4.45. The number of carbonyl (C=O) groups excluding carboxylic acids is 1. The van der Waals surface area contributed by atoms with Crippen LogP contribution in [-0.2, 0) is 4.74 Å². The quantitative estimate of drug-likeness (QED) is 0.671. The fourth-order valence-electron chi connectivity index (χ4n) is 1.37. The Hall–Kier alpha value is -0.990. The smallest absolute Gasteiger partial charge is 0.410 e. The zero-order valence-corrected chi connectivity index (χ0v) is 10.7. The summed E-state index contributed by atoms with van der Waals surface area (Å²) in [5.41, 5.74) is 1.16. The number of allylic oxidation sites excluding steroid dienone is 1. The maximum atomic E-state index is 11.7. The molecule has 0 saturated heterocycles. The summed E-state index contributed by atoms with van der Waals surface area (Å²) in [6.07, 6.45) is 1.66. The van der Waals surface area contributed by atoms with Gasteiger partial charge in [0.2, 0.25) is 0 Å². The number of nitrogens with zero attached hydrogens (tertiary/aromatic N) is 1. The Morgan fingerprint density at radius 3 is 2.00 bits per heavy atom. The van der Waals surface area contributed by atoms with Crippen molar-refractivity contribution in [1.29, 1.82) is 0 Å². The molecule has 0 aliphatic heterocycles. The van der Waals surface area contributed by atoms with Gasteiger partial charge in [-0.1, -0.05) is 5.57 Å². The van der Waals surface area contributed by atoms with Gasteiger partial charge in [0.05, 0.1) is 0 Å². The van der Waals surface area contributed by atoms with Crippen LogP contribution in [-0.4, -0.2) is 29.7 Å². The fraction of sp³-hybridized carbons (Fsp3) is 0.750. The first-order chi connectivity index (χ1) is 6.86. The molecule has 0 bridgehead atoms. The molecule has 88 valence electrons. The van der Waals surface area contributed by atoms with Crippen LogP contribution in [0.5, 0.6) is 0 Å². The average molecular weight is 213 g/mol. The van der Waals surface area contributed by atoms with Crippen molar-refractivity contribution < 1.29 is 9.53 Å². The first kappa shape index (κ1) is 14.0. The van der Waals surface area contributed by atoms with Gasteiger partial charge in [0.25, 0.3) is 0 Å². The van der Waals surface area contributed by atoms with Crippen LogP contribution in [0.2, 0.25) is 0 Å². The van der Waals surface area contributed by atoms with Gasteiger partial charge >= 0.3 is 6.09 Å². The Labute approximate surface area is 93.1 Å². The zero-order valence-electron chi connectivity index (χ0n) is 10.7. The van der Waals surface area contributed by atoms with Crippen molar-refractivity contribution in [3.8, 4) is 0 Å². The molecule has 1 amide bonds. The van der Waals surface area contributed by atoms with Crippen LogP contribution in [0.15, 0.2) is 11.6 Å². The number of amides is 1. The van der Waals surface area contributed by atoms with Crippen molar-refractivity contribution in [1.82, 2.24) is 4.90 Å². The maximum absolute atomic E-state index is 11.7. The summed E-state index contributed by atoms with van der Waals surface area (Å²) >= 11 is 0.